The Hall–Kier alpha value is -4.31. The number of carbonyl (C=O) groups excluding carboxylic acids is 3. The quantitative estimate of drug-likeness (QED) is 0.388. The van der Waals surface area contributed by atoms with Gasteiger partial charge in [-0.15, -0.1) is 0 Å². The predicted molar refractivity (Wildman–Crippen MR) is 153 cm³/mol. The molecule has 41 heavy (non-hydrogen) atoms. The van der Waals surface area contributed by atoms with Crippen molar-refractivity contribution in [2.75, 3.05) is 33.2 Å². The second-order valence-electron chi connectivity index (χ2n) is 11.2. The minimum Gasteiger partial charge on any atom is -0.345 e. The number of aromatic nitrogens is 3. The summed E-state index contributed by atoms with van der Waals surface area (Å²) in [6.45, 7) is 3.62. The normalized spacial score (nSPS) is 18.3. The number of Topliss-reactive ketones (excluding diaryl/α,β-unsaturated/α-hetero) is 2. The van der Waals surface area contributed by atoms with Gasteiger partial charge < -0.3 is 19.7 Å². The van der Waals surface area contributed by atoms with E-state index in [0.717, 1.165) is 24.9 Å². The lowest BCUT2D eigenvalue weighted by molar-refractivity contribution is -0.119. The molecule has 5 heterocycles. The molecule has 9 nitrogen and oxygen atoms in total. The molecule has 0 unspecified atom stereocenters. The highest BCUT2D eigenvalue weighted by Crippen LogP contribution is 2.41. The van der Waals surface area contributed by atoms with Crippen molar-refractivity contribution in [2.24, 2.45) is 5.92 Å². The third-order valence-corrected chi connectivity index (χ3v) is 8.71. The molecular weight excluding hydrogens is 523 g/mol. The second kappa shape index (κ2) is 9.95. The molecular formula is C31H31FN6O3. The number of amides is 2. The Morgan fingerprint density at radius 1 is 1.05 bits per heavy atom. The molecule has 0 atom stereocenters. The molecule has 0 radical (unpaired) electrons. The molecule has 2 amide bonds. The van der Waals surface area contributed by atoms with E-state index in [0.29, 0.717) is 71.1 Å². The van der Waals surface area contributed by atoms with Gasteiger partial charge in [0.1, 0.15) is 11.5 Å². The lowest BCUT2D eigenvalue weighted by atomic mass is 9.97. The predicted octanol–water partition coefficient (Wildman–Crippen LogP) is 3.75. The summed E-state index contributed by atoms with van der Waals surface area (Å²) in [6.07, 6.45) is 6.97. The van der Waals surface area contributed by atoms with Crippen molar-refractivity contribution in [3.8, 4) is 0 Å². The molecule has 1 fully saturated rings. The summed E-state index contributed by atoms with van der Waals surface area (Å²) >= 11 is 0. The number of ketones is 2. The lowest BCUT2D eigenvalue weighted by Crippen LogP contribution is -2.47. The van der Waals surface area contributed by atoms with Gasteiger partial charge in [0, 0.05) is 61.6 Å². The van der Waals surface area contributed by atoms with Gasteiger partial charge in [0.25, 0.3) is 0 Å². The fourth-order valence-corrected chi connectivity index (χ4v) is 6.75. The SMILES string of the molecule is CNCC1CCN(C(=O)N2CCn3cc(C4=C(c5cnc6ccccn56)C(=O)CC4=O)c4cc(F)cc(c43)C2)CC1. The van der Waals surface area contributed by atoms with Crippen LogP contribution in [0.1, 0.15) is 36.1 Å². The zero-order chi connectivity index (χ0) is 28.2. The van der Waals surface area contributed by atoms with Crippen LogP contribution in [0.2, 0.25) is 0 Å². The molecule has 0 bridgehead atoms. The molecule has 3 aromatic heterocycles. The third kappa shape index (κ3) is 4.24. The number of hydrogen-bond acceptors (Lipinski definition) is 5. The average Bonchev–Trinajstić information content (AvgIpc) is 3.59. The van der Waals surface area contributed by atoms with E-state index in [1.165, 1.54) is 12.1 Å². The number of halogens is 1. The van der Waals surface area contributed by atoms with Crippen molar-refractivity contribution in [1.29, 1.82) is 0 Å². The zero-order valence-corrected chi connectivity index (χ0v) is 22.9. The number of pyridine rings is 1. The molecule has 4 aromatic rings. The summed E-state index contributed by atoms with van der Waals surface area (Å²) in [7, 11) is 1.95. The van der Waals surface area contributed by atoms with E-state index in [2.05, 4.69) is 10.3 Å². The number of imidazole rings is 1. The number of nitrogens with zero attached hydrogens (tertiary/aromatic N) is 5. The Kier molecular flexibility index (Phi) is 6.23. The fourth-order valence-electron chi connectivity index (χ4n) is 6.75. The number of hydrogen-bond donors (Lipinski definition) is 1. The molecule has 1 aromatic carbocycles. The van der Waals surface area contributed by atoms with Crippen molar-refractivity contribution in [3.05, 3.63) is 71.6 Å². The van der Waals surface area contributed by atoms with E-state index in [9.17, 15) is 14.4 Å². The Morgan fingerprint density at radius 2 is 1.85 bits per heavy atom. The van der Waals surface area contributed by atoms with Crippen molar-refractivity contribution in [2.45, 2.75) is 32.4 Å². The highest BCUT2D eigenvalue weighted by Gasteiger charge is 2.36. The van der Waals surface area contributed by atoms with Crippen LogP contribution < -0.4 is 5.32 Å². The second-order valence-corrected chi connectivity index (χ2v) is 11.2. The van der Waals surface area contributed by atoms with Crippen LogP contribution in [0.3, 0.4) is 0 Å². The van der Waals surface area contributed by atoms with Crippen LogP contribution >= 0.6 is 0 Å². The molecule has 7 rings (SSSR count). The first-order valence-corrected chi connectivity index (χ1v) is 14.2. The number of piperidine rings is 1. The Balaban J connectivity index is 1.28. The van der Waals surface area contributed by atoms with Gasteiger partial charge >= 0.3 is 6.03 Å². The molecule has 2 aliphatic heterocycles. The van der Waals surface area contributed by atoms with Crippen LogP contribution in [0, 0.1) is 11.7 Å². The summed E-state index contributed by atoms with van der Waals surface area (Å²) in [6, 6.07) is 8.43. The van der Waals surface area contributed by atoms with Crippen LogP contribution in [0.4, 0.5) is 9.18 Å². The Bertz CT molecular complexity index is 1760. The monoisotopic (exact) mass is 554 g/mol. The van der Waals surface area contributed by atoms with E-state index in [-0.39, 0.29) is 30.6 Å². The highest BCUT2D eigenvalue weighted by molar-refractivity contribution is 6.51. The zero-order valence-electron chi connectivity index (χ0n) is 22.9. The third-order valence-electron chi connectivity index (χ3n) is 8.71. The number of fused-ring (bicyclic) bond motifs is 1. The topological polar surface area (TPSA) is 91.9 Å². The molecule has 0 spiro atoms. The largest absolute Gasteiger partial charge is 0.345 e. The standard InChI is InChI=1S/C31H31FN6O3/c1-33-15-19-5-8-35(9-6-19)31(41)37-11-10-36-18-23(22-13-21(32)12-20(17-37)30(22)36)28-25(39)14-26(40)29(28)24-16-34-27-4-2-3-7-38(24)27/h2-4,7,12-13,16,18-19,33H,5-6,8-11,14-15,17H2,1H3. The first-order chi connectivity index (χ1) is 19.9. The molecule has 10 heteroatoms. The number of likely N-dealkylation sites (tertiary alicyclic amines) is 1. The van der Waals surface area contributed by atoms with E-state index in [1.807, 2.05) is 47.1 Å². The summed E-state index contributed by atoms with van der Waals surface area (Å²) in [5.74, 6) is -0.422. The fraction of sp³-hybridized carbons (Fsp3) is 0.355. The molecule has 1 N–H and O–H groups in total. The molecule has 1 aliphatic carbocycles. The number of allylic oxidation sites excluding steroid dienone is 2. The van der Waals surface area contributed by atoms with E-state index in [1.54, 1.807) is 15.5 Å². The summed E-state index contributed by atoms with van der Waals surface area (Å²) in [4.78, 5) is 48.2. The number of benzene rings is 1. The van der Waals surface area contributed by atoms with Crippen LogP contribution in [-0.2, 0) is 22.7 Å². The van der Waals surface area contributed by atoms with Gasteiger partial charge in [0.05, 0.1) is 29.4 Å². The van der Waals surface area contributed by atoms with Crippen molar-refractivity contribution in [1.82, 2.24) is 29.1 Å². The van der Waals surface area contributed by atoms with Gasteiger partial charge in [-0.25, -0.2) is 14.2 Å². The van der Waals surface area contributed by atoms with Crippen molar-refractivity contribution >= 4 is 45.3 Å². The summed E-state index contributed by atoms with van der Waals surface area (Å²) in [5, 5.41) is 3.80. The van der Waals surface area contributed by atoms with Gasteiger partial charge in [-0.3, -0.25) is 14.0 Å². The highest BCUT2D eigenvalue weighted by atomic mass is 19.1. The smallest absolute Gasteiger partial charge is 0.320 e. The number of urea groups is 1. The molecule has 1 saturated heterocycles. The van der Waals surface area contributed by atoms with E-state index < -0.39 is 5.82 Å². The molecule has 3 aliphatic rings. The van der Waals surface area contributed by atoms with Gasteiger partial charge in [-0.05, 0) is 62.2 Å². The maximum atomic E-state index is 15.2. The lowest BCUT2D eigenvalue weighted by Gasteiger charge is -2.35. The first kappa shape index (κ1) is 25.6. The number of carbonyl (C=O) groups is 3. The number of nitrogens with one attached hydrogen (secondary N) is 1. The van der Waals surface area contributed by atoms with Crippen LogP contribution in [0.25, 0.3) is 27.7 Å². The molecule has 210 valence electrons. The van der Waals surface area contributed by atoms with Crippen molar-refractivity contribution < 1.29 is 18.8 Å². The number of rotatable bonds is 4. The minimum atomic E-state index is -0.442. The van der Waals surface area contributed by atoms with Crippen LogP contribution in [0.5, 0.6) is 0 Å². The van der Waals surface area contributed by atoms with Crippen LogP contribution in [0.15, 0.2) is 48.9 Å². The van der Waals surface area contributed by atoms with E-state index in [4.69, 9.17) is 0 Å². The minimum absolute atomic E-state index is 0.0227. The Morgan fingerprint density at radius 3 is 2.66 bits per heavy atom. The van der Waals surface area contributed by atoms with Gasteiger partial charge in [-0.1, -0.05) is 6.07 Å². The van der Waals surface area contributed by atoms with Gasteiger partial charge in [-0.2, -0.15) is 0 Å². The molecule has 0 saturated carbocycles. The van der Waals surface area contributed by atoms with Crippen LogP contribution in [-0.4, -0.2) is 74.6 Å². The van der Waals surface area contributed by atoms with Crippen molar-refractivity contribution in [3.63, 3.8) is 0 Å². The van der Waals surface area contributed by atoms with Gasteiger partial charge in [0.2, 0.25) is 0 Å². The van der Waals surface area contributed by atoms with Gasteiger partial charge in [0.15, 0.2) is 11.6 Å². The summed E-state index contributed by atoms with van der Waals surface area (Å²) in [5.41, 5.74) is 3.86. The van der Waals surface area contributed by atoms with E-state index >= 15 is 4.39 Å². The Labute approximate surface area is 236 Å². The maximum absolute atomic E-state index is 15.2. The summed E-state index contributed by atoms with van der Waals surface area (Å²) < 4.78 is 19.0. The average molecular weight is 555 g/mol. The maximum Gasteiger partial charge on any atom is 0.320 e. The first-order valence-electron chi connectivity index (χ1n) is 14.2.